The zero-order chi connectivity index (χ0) is 26.8. The van der Waals surface area contributed by atoms with Crippen LogP contribution in [0.3, 0.4) is 0 Å². The SMILES string of the molecule is Cc1nc2ccc(C(=O)Nc3ccc(CC(=O)N4CCC(C(N)=O)CC4)cc3)cc2n1-c1ccc(F)cc1. The quantitative estimate of drug-likeness (QED) is 0.406. The Morgan fingerprint density at radius 1 is 1.00 bits per heavy atom. The number of piperidine rings is 1. The van der Waals surface area contributed by atoms with Crippen molar-refractivity contribution in [1.29, 1.82) is 0 Å². The van der Waals surface area contributed by atoms with E-state index in [9.17, 15) is 18.8 Å². The molecule has 5 rings (SSSR count). The molecule has 0 spiro atoms. The lowest BCUT2D eigenvalue weighted by molar-refractivity contribution is -0.134. The van der Waals surface area contributed by atoms with Crippen molar-refractivity contribution < 1.29 is 18.8 Å². The molecule has 4 aromatic rings. The molecule has 0 atom stereocenters. The number of aromatic nitrogens is 2. The lowest BCUT2D eigenvalue weighted by Crippen LogP contribution is -2.42. The van der Waals surface area contributed by atoms with Crippen LogP contribution in [0.5, 0.6) is 0 Å². The molecule has 0 bridgehead atoms. The number of hydrogen-bond acceptors (Lipinski definition) is 4. The Morgan fingerprint density at radius 2 is 1.68 bits per heavy atom. The van der Waals surface area contributed by atoms with Gasteiger partial charge in [0.15, 0.2) is 0 Å². The van der Waals surface area contributed by atoms with Gasteiger partial charge in [0.2, 0.25) is 11.8 Å². The molecule has 8 nitrogen and oxygen atoms in total. The lowest BCUT2D eigenvalue weighted by Gasteiger charge is -2.30. The molecule has 38 heavy (non-hydrogen) atoms. The summed E-state index contributed by atoms with van der Waals surface area (Å²) in [6.45, 7) is 2.92. The van der Waals surface area contributed by atoms with Crippen molar-refractivity contribution in [3.63, 3.8) is 0 Å². The van der Waals surface area contributed by atoms with Gasteiger partial charge < -0.3 is 16.0 Å². The molecule has 3 aromatic carbocycles. The number of amides is 3. The van der Waals surface area contributed by atoms with Crippen LogP contribution in [0.1, 0.15) is 34.6 Å². The topological polar surface area (TPSA) is 110 Å². The Bertz CT molecular complexity index is 1500. The van der Waals surface area contributed by atoms with Crippen LogP contribution in [-0.2, 0) is 16.0 Å². The van der Waals surface area contributed by atoms with Crippen molar-refractivity contribution in [3.05, 3.63) is 89.5 Å². The fourth-order valence-electron chi connectivity index (χ4n) is 4.86. The molecule has 1 aliphatic rings. The van der Waals surface area contributed by atoms with Gasteiger partial charge in [0.1, 0.15) is 11.6 Å². The third-order valence-electron chi connectivity index (χ3n) is 6.99. The first-order chi connectivity index (χ1) is 18.3. The first kappa shape index (κ1) is 25.1. The van der Waals surface area contributed by atoms with E-state index >= 15 is 0 Å². The maximum Gasteiger partial charge on any atom is 0.255 e. The number of anilines is 1. The van der Waals surface area contributed by atoms with Gasteiger partial charge in [-0.3, -0.25) is 19.0 Å². The summed E-state index contributed by atoms with van der Waals surface area (Å²) in [4.78, 5) is 43.3. The molecule has 1 fully saturated rings. The lowest BCUT2D eigenvalue weighted by atomic mass is 9.96. The number of carbonyl (C=O) groups excluding carboxylic acids is 3. The molecule has 3 amide bonds. The van der Waals surface area contributed by atoms with Crippen molar-refractivity contribution >= 4 is 34.4 Å². The minimum atomic E-state index is -0.323. The molecule has 1 saturated heterocycles. The standard InChI is InChI=1S/C29H28FN5O3/c1-18-32-25-11-4-21(17-26(25)35(18)24-9-5-22(30)6-10-24)29(38)33-23-7-2-19(3-8-23)16-27(36)34-14-12-20(13-15-34)28(31)37/h2-11,17,20H,12-16H2,1H3,(H2,31,37)(H,33,38). The number of primary amides is 1. The predicted octanol–water partition coefficient (Wildman–Crippen LogP) is 3.99. The highest BCUT2D eigenvalue weighted by molar-refractivity contribution is 6.06. The van der Waals surface area contributed by atoms with Crippen molar-refractivity contribution in [2.45, 2.75) is 26.2 Å². The van der Waals surface area contributed by atoms with E-state index in [-0.39, 0.29) is 35.9 Å². The maximum absolute atomic E-state index is 13.4. The second-order valence-corrected chi connectivity index (χ2v) is 9.56. The number of benzene rings is 3. The zero-order valence-corrected chi connectivity index (χ0v) is 21.0. The summed E-state index contributed by atoms with van der Waals surface area (Å²) in [5.74, 6) is -0.329. The summed E-state index contributed by atoms with van der Waals surface area (Å²) >= 11 is 0. The fraction of sp³-hybridized carbons (Fsp3) is 0.241. The monoisotopic (exact) mass is 513 g/mol. The largest absolute Gasteiger partial charge is 0.369 e. The van der Waals surface area contributed by atoms with E-state index in [2.05, 4.69) is 10.3 Å². The molecular weight excluding hydrogens is 485 g/mol. The van der Waals surface area contributed by atoms with Crippen LogP contribution < -0.4 is 11.1 Å². The minimum absolute atomic E-state index is 0.00562. The zero-order valence-electron chi connectivity index (χ0n) is 21.0. The van der Waals surface area contributed by atoms with E-state index in [1.807, 2.05) is 23.6 Å². The summed E-state index contributed by atoms with van der Waals surface area (Å²) < 4.78 is 15.3. The first-order valence-corrected chi connectivity index (χ1v) is 12.5. The molecular formula is C29H28FN5O3. The molecule has 3 N–H and O–H groups in total. The van der Waals surface area contributed by atoms with E-state index in [4.69, 9.17) is 5.73 Å². The number of aryl methyl sites for hydroxylation is 1. The number of rotatable bonds is 6. The van der Waals surface area contributed by atoms with Crippen LogP contribution in [0.15, 0.2) is 66.7 Å². The highest BCUT2D eigenvalue weighted by Gasteiger charge is 2.25. The highest BCUT2D eigenvalue weighted by atomic mass is 19.1. The van der Waals surface area contributed by atoms with Crippen molar-refractivity contribution in [2.75, 3.05) is 18.4 Å². The Morgan fingerprint density at radius 3 is 2.34 bits per heavy atom. The number of imidazole rings is 1. The number of fused-ring (bicyclic) bond motifs is 1. The molecule has 1 aromatic heterocycles. The Kier molecular flexibility index (Phi) is 6.91. The van der Waals surface area contributed by atoms with Crippen molar-refractivity contribution in [3.8, 4) is 5.69 Å². The second kappa shape index (κ2) is 10.5. The number of carbonyl (C=O) groups is 3. The maximum atomic E-state index is 13.4. The molecule has 194 valence electrons. The number of nitrogens with zero attached hydrogens (tertiary/aromatic N) is 3. The Balaban J connectivity index is 1.25. The molecule has 9 heteroatoms. The third-order valence-corrected chi connectivity index (χ3v) is 6.99. The molecule has 0 aliphatic carbocycles. The molecule has 0 saturated carbocycles. The van der Waals surface area contributed by atoms with Crippen molar-refractivity contribution in [1.82, 2.24) is 14.5 Å². The van der Waals surface area contributed by atoms with Crippen LogP contribution in [0.25, 0.3) is 16.7 Å². The Hall–Kier alpha value is -4.53. The molecule has 0 unspecified atom stereocenters. The number of nitrogens with two attached hydrogens (primary N) is 1. The molecule has 2 heterocycles. The van der Waals surface area contributed by atoms with Gasteiger partial charge in [0.25, 0.3) is 5.91 Å². The van der Waals surface area contributed by atoms with Gasteiger partial charge in [-0.1, -0.05) is 12.1 Å². The molecule has 0 radical (unpaired) electrons. The smallest absolute Gasteiger partial charge is 0.255 e. The average Bonchev–Trinajstić information content (AvgIpc) is 3.25. The third kappa shape index (κ3) is 5.27. The predicted molar refractivity (Wildman–Crippen MR) is 142 cm³/mol. The van der Waals surface area contributed by atoms with Gasteiger partial charge >= 0.3 is 0 Å². The van der Waals surface area contributed by atoms with Crippen LogP contribution in [0.4, 0.5) is 10.1 Å². The van der Waals surface area contributed by atoms with E-state index in [0.717, 1.165) is 28.1 Å². The summed E-state index contributed by atoms with van der Waals surface area (Å²) in [7, 11) is 0. The Labute approximate surface area is 219 Å². The first-order valence-electron chi connectivity index (χ1n) is 12.5. The van der Waals surface area contributed by atoms with Crippen LogP contribution in [0, 0.1) is 18.7 Å². The summed E-state index contributed by atoms with van der Waals surface area (Å²) in [5, 5.41) is 2.90. The average molecular weight is 514 g/mol. The van der Waals surface area contributed by atoms with Gasteiger partial charge in [-0.15, -0.1) is 0 Å². The highest BCUT2D eigenvalue weighted by Crippen LogP contribution is 2.24. The van der Waals surface area contributed by atoms with Gasteiger partial charge in [-0.2, -0.15) is 0 Å². The normalized spacial score (nSPS) is 14.0. The van der Waals surface area contributed by atoms with Gasteiger partial charge in [0.05, 0.1) is 17.5 Å². The van der Waals surface area contributed by atoms with Crippen LogP contribution in [0.2, 0.25) is 0 Å². The van der Waals surface area contributed by atoms with E-state index in [1.165, 1.54) is 12.1 Å². The summed E-state index contributed by atoms with van der Waals surface area (Å²) in [5.41, 5.74) is 9.51. The minimum Gasteiger partial charge on any atom is -0.369 e. The van der Waals surface area contributed by atoms with Gasteiger partial charge in [0, 0.05) is 35.9 Å². The van der Waals surface area contributed by atoms with E-state index in [0.29, 0.717) is 37.2 Å². The number of hydrogen-bond donors (Lipinski definition) is 2. The number of likely N-dealkylation sites (tertiary alicyclic amines) is 1. The fourth-order valence-corrected chi connectivity index (χ4v) is 4.86. The van der Waals surface area contributed by atoms with Crippen LogP contribution in [-0.4, -0.2) is 45.3 Å². The summed E-state index contributed by atoms with van der Waals surface area (Å²) in [6.07, 6.45) is 1.45. The van der Waals surface area contributed by atoms with Gasteiger partial charge in [-0.25, -0.2) is 9.37 Å². The van der Waals surface area contributed by atoms with Crippen molar-refractivity contribution in [2.24, 2.45) is 11.7 Å². The number of halogens is 1. The van der Waals surface area contributed by atoms with Gasteiger partial charge in [-0.05, 0) is 79.9 Å². The number of nitrogens with one attached hydrogen (secondary N) is 1. The van der Waals surface area contributed by atoms with E-state index in [1.54, 1.807) is 47.4 Å². The summed E-state index contributed by atoms with van der Waals surface area (Å²) in [6, 6.07) is 18.6. The van der Waals surface area contributed by atoms with Crippen LogP contribution >= 0.6 is 0 Å². The second-order valence-electron chi connectivity index (χ2n) is 9.56. The van der Waals surface area contributed by atoms with E-state index < -0.39 is 0 Å². The molecule has 1 aliphatic heterocycles.